The Morgan fingerprint density at radius 2 is 2.06 bits per heavy atom. The Bertz CT molecular complexity index is 398. The number of hydrogen-bond donors (Lipinski definition) is 2. The van der Waals surface area contributed by atoms with Crippen molar-refractivity contribution in [3.05, 3.63) is 29.8 Å². The van der Waals surface area contributed by atoms with Crippen LogP contribution in [0.5, 0.6) is 0 Å². The minimum Gasteiger partial charge on any atom is -0.354 e. The van der Waals surface area contributed by atoms with Crippen LogP contribution < -0.4 is 11.1 Å². The highest BCUT2D eigenvalue weighted by Gasteiger charge is 2.45. The maximum absolute atomic E-state index is 11.6. The largest absolute Gasteiger partial charge is 0.354 e. The lowest BCUT2D eigenvalue weighted by Crippen LogP contribution is -2.43. The molecule has 1 amide bonds. The van der Waals surface area contributed by atoms with E-state index in [0.29, 0.717) is 6.54 Å². The van der Waals surface area contributed by atoms with Crippen molar-refractivity contribution in [2.24, 2.45) is 5.73 Å². The molecule has 0 unspecified atom stereocenters. The molecular weight excluding hydrogens is 232 g/mol. The van der Waals surface area contributed by atoms with Gasteiger partial charge in [-0.05, 0) is 43.2 Å². The van der Waals surface area contributed by atoms with E-state index < -0.39 is 5.54 Å². The fraction of sp³-hybridized carbons (Fsp3) is 0.462. The third-order valence-electron chi connectivity index (χ3n) is 3.10. The van der Waals surface area contributed by atoms with Gasteiger partial charge in [0, 0.05) is 11.4 Å². The molecule has 1 aliphatic rings. The molecule has 1 fully saturated rings. The zero-order valence-corrected chi connectivity index (χ0v) is 10.8. The van der Waals surface area contributed by atoms with E-state index in [2.05, 4.69) is 35.8 Å². The Hall–Kier alpha value is -1.00. The molecule has 0 heterocycles. The van der Waals surface area contributed by atoms with Crippen LogP contribution in [0.25, 0.3) is 0 Å². The van der Waals surface area contributed by atoms with Gasteiger partial charge in [0.15, 0.2) is 0 Å². The number of nitrogens with two attached hydrogens (primary N) is 1. The summed E-state index contributed by atoms with van der Waals surface area (Å²) in [4.78, 5) is 12.8. The molecule has 92 valence electrons. The van der Waals surface area contributed by atoms with Gasteiger partial charge in [0.1, 0.15) is 0 Å². The predicted octanol–water partition coefficient (Wildman–Crippen LogP) is 1.56. The van der Waals surface area contributed by atoms with Gasteiger partial charge in [-0.2, -0.15) is 0 Å². The highest BCUT2D eigenvalue weighted by molar-refractivity contribution is 7.98. The van der Waals surface area contributed by atoms with Gasteiger partial charge < -0.3 is 11.1 Å². The van der Waals surface area contributed by atoms with Crippen molar-refractivity contribution < 1.29 is 4.79 Å². The van der Waals surface area contributed by atoms with Gasteiger partial charge in [0.2, 0.25) is 5.91 Å². The van der Waals surface area contributed by atoms with E-state index in [1.165, 1.54) is 10.5 Å². The van der Waals surface area contributed by atoms with Crippen LogP contribution in [-0.2, 0) is 11.2 Å². The maximum Gasteiger partial charge on any atom is 0.240 e. The maximum atomic E-state index is 11.6. The summed E-state index contributed by atoms with van der Waals surface area (Å²) in [7, 11) is 0. The van der Waals surface area contributed by atoms with Crippen molar-refractivity contribution in [3.8, 4) is 0 Å². The van der Waals surface area contributed by atoms with Gasteiger partial charge in [0.25, 0.3) is 0 Å². The van der Waals surface area contributed by atoms with E-state index in [1.54, 1.807) is 11.8 Å². The Kier molecular flexibility index (Phi) is 3.74. The fourth-order valence-corrected chi connectivity index (χ4v) is 2.06. The van der Waals surface area contributed by atoms with Gasteiger partial charge in [-0.1, -0.05) is 12.1 Å². The molecular formula is C13H18N2OS. The number of carbonyl (C=O) groups excluding carboxylic acids is 1. The smallest absolute Gasteiger partial charge is 0.240 e. The number of rotatable bonds is 5. The molecule has 1 aromatic carbocycles. The van der Waals surface area contributed by atoms with Crippen molar-refractivity contribution in [1.29, 1.82) is 0 Å². The topological polar surface area (TPSA) is 55.1 Å². The van der Waals surface area contributed by atoms with Gasteiger partial charge in [-0.3, -0.25) is 4.79 Å². The Morgan fingerprint density at radius 1 is 1.41 bits per heavy atom. The highest BCUT2D eigenvalue weighted by Crippen LogP contribution is 2.31. The second kappa shape index (κ2) is 5.10. The summed E-state index contributed by atoms with van der Waals surface area (Å²) >= 11 is 1.73. The normalized spacial score (nSPS) is 16.6. The quantitative estimate of drug-likeness (QED) is 0.780. The summed E-state index contributed by atoms with van der Waals surface area (Å²) in [6, 6.07) is 8.42. The summed E-state index contributed by atoms with van der Waals surface area (Å²) in [6.45, 7) is 0.663. The molecule has 4 heteroatoms. The Labute approximate surface area is 106 Å². The predicted molar refractivity (Wildman–Crippen MR) is 71.1 cm³/mol. The van der Waals surface area contributed by atoms with Crippen LogP contribution in [0.3, 0.4) is 0 Å². The van der Waals surface area contributed by atoms with E-state index >= 15 is 0 Å². The van der Waals surface area contributed by atoms with E-state index in [0.717, 1.165) is 19.3 Å². The summed E-state index contributed by atoms with van der Waals surface area (Å²) in [5.74, 6) is -0.00164. The van der Waals surface area contributed by atoms with Crippen molar-refractivity contribution in [1.82, 2.24) is 5.32 Å². The standard InChI is InChI=1S/C13H18N2OS/c1-17-11-4-2-10(3-5-11)6-9-15-12(16)13(14)7-8-13/h2-5H,6-9,14H2,1H3,(H,15,16). The van der Waals surface area contributed by atoms with Gasteiger partial charge >= 0.3 is 0 Å². The molecule has 0 radical (unpaired) electrons. The molecule has 0 aliphatic heterocycles. The van der Waals surface area contributed by atoms with Crippen molar-refractivity contribution in [3.63, 3.8) is 0 Å². The number of hydrogen-bond acceptors (Lipinski definition) is 3. The molecule has 0 saturated heterocycles. The molecule has 17 heavy (non-hydrogen) atoms. The summed E-state index contributed by atoms with van der Waals surface area (Å²) in [5.41, 5.74) is 6.48. The highest BCUT2D eigenvalue weighted by atomic mass is 32.2. The van der Waals surface area contributed by atoms with E-state index in [4.69, 9.17) is 5.73 Å². The van der Waals surface area contributed by atoms with Crippen molar-refractivity contribution in [2.45, 2.75) is 29.7 Å². The minimum absolute atomic E-state index is 0.00164. The van der Waals surface area contributed by atoms with Gasteiger partial charge in [0.05, 0.1) is 5.54 Å². The molecule has 1 aliphatic carbocycles. The molecule has 0 spiro atoms. The summed E-state index contributed by atoms with van der Waals surface area (Å²) < 4.78 is 0. The van der Waals surface area contributed by atoms with Crippen molar-refractivity contribution >= 4 is 17.7 Å². The third kappa shape index (κ3) is 3.23. The van der Waals surface area contributed by atoms with Crippen LogP contribution >= 0.6 is 11.8 Å². The van der Waals surface area contributed by atoms with E-state index in [1.807, 2.05) is 0 Å². The minimum atomic E-state index is -0.553. The van der Waals surface area contributed by atoms with Crippen LogP contribution in [0.2, 0.25) is 0 Å². The summed E-state index contributed by atoms with van der Waals surface area (Å²) in [6.07, 6.45) is 4.56. The summed E-state index contributed by atoms with van der Waals surface area (Å²) in [5, 5.41) is 2.89. The molecule has 1 saturated carbocycles. The Morgan fingerprint density at radius 3 is 2.59 bits per heavy atom. The number of amides is 1. The van der Waals surface area contributed by atoms with E-state index in [9.17, 15) is 4.79 Å². The first kappa shape index (κ1) is 12.5. The van der Waals surface area contributed by atoms with Crippen LogP contribution in [-0.4, -0.2) is 24.2 Å². The number of carbonyl (C=O) groups is 1. The number of benzene rings is 1. The van der Waals surface area contributed by atoms with Crippen molar-refractivity contribution in [2.75, 3.05) is 12.8 Å². The van der Waals surface area contributed by atoms with Crippen LogP contribution in [0, 0.1) is 0 Å². The van der Waals surface area contributed by atoms with Crippen LogP contribution in [0.15, 0.2) is 29.2 Å². The molecule has 0 bridgehead atoms. The monoisotopic (exact) mass is 250 g/mol. The second-order valence-corrected chi connectivity index (χ2v) is 5.39. The molecule has 3 nitrogen and oxygen atoms in total. The number of thioether (sulfide) groups is 1. The first-order chi connectivity index (χ1) is 8.14. The zero-order valence-electron chi connectivity index (χ0n) is 10.0. The van der Waals surface area contributed by atoms with E-state index in [-0.39, 0.29) is 5.91 Å². The average molecular weight is 250 g/mol. The van der Waals surface area contributed by atoms with Crippen LogP contribution in [0.1, 0.15) is 18.4 Å². The third-order valence-corrected chi connectivity index (χ3v) is 3.84. The Balaban J connectivity index is 1.76. The SMILES string of the molecule is CSc1ccc(CCNC(=O)C2(N)CC2)cc1. The fourth-order valence-electron chi connectivity index (χ4n) is 1.65. The average Bonchev–Trinajstić information content (AvgIpc) is 3.09. The lowest BCUT2D eigenvalue weighted by atomic mass is 10.1. The first-order valence-corrected chi connectivity index (χ1v) is 7.07. The number of nitrogens with one attached hydrogen (secondary N) is 1. The lowest BCUT2D eigenvalue weighted by Gasteiger charge is -2.10. The van der Waals surface area contributed by atoms with Crippen LogP contribution in [0.4, 0.5) is 0 Å². The zero-order chi connectivity index (χ0) is 12.3. The van der Waals surface area contributed by atoms with Gasteiger partial charge in [-0.15, -0.1) is 11.8 Å². The molecule has 3 N–H and O–H groups in total. The molecule has 1 aromatic rings. The molecule has 0 aromatic heterocycles. The second-order valence-electron chi connectivity index (χ2n) is 4.51. The lowest BCUT2D eigenvalue weighted by molar-refractivity contribution is -0.123. The molecule has 2 rings (SSSR count). The van der Waals surface area contributed by atoms with Gasteiger partial charge in [-0.25, -0.2) is 0 Å². The molecule has 0 atom stereocenters. The first-order valence-electron chi connectivity index (χ1n) is 5.84.